The van der Waals surface area contributed by atoms with Crippen LogP contribution >= 0.6 is 11.6 Å². The van der Waals surface area contributed by atoms with E-state index < -0.39 is 5.60 Å². The minimum Gasteiger partial charge on any atom is -0.444 e. The Morgan fingerprint density at radius 2 is 1.87 bits per heavy atom. The number of rotatable bonds is 5. The first-order valence-electron chi connectivity index (χ1n) is 13.6. The average molecular weight is 553 g/mol. The van der Waals surface area contributed by atoms with Crippen LogP contribution in [0.15, 0.2) is 41.5 Å². The molecule has 1 aromatic heterocycles. The van der Waals surface area contributed by atoms with Crippen molar-refractivity contribution in [3.05, 3.63) is 52.8 Å². The number of hydrogen-bond donors (Lipinski definition) is 1. The largest absolute Gasteiger partial charge is 0.444 e. The lowest BCUT2D eigenvalue weighted by atomic mass is 10.0. The molecule has 0 spiro atoms. The Morgan fingerprint density at radius 3 is 2.51 bits per heavy atom. The summed E-state index contributed by atoms with van der Waals surface area (Å²) in [5.74, 6) is 0.979. The molecule has 1 aromatic carbocycles. The number of benzene rings is 1. The third-order valence-electron chi connectivity index (χ3n) is 7.34. The maximum absolute atomic E-state index is 13.8. The number of anilines is 2. The number of ether oxygens (including phenoxy) is 1. The molecule has 1 atom stereocenters. The highest BCUT2D eigenvalue weighted by Crippen LogP contribution is 2.36. The molecule has 3 aliphatic heterocycles. The van der Waals surface area contributed by atoms with Crippen LogP contribution in [0.5, 0.6) is 0 Å². The number of amides is 3. The van der Waals surface area contributed by atoms with Crippen LogP contribution < -0.4 is 15.1 Å². The number of urea groups is 1. The first kappa shape index (κ1) is 27.2. The molecule has 1 fully saturated rings. The Balaban J connectivity index is 1.38. The van der Waals surface area contributed by atoms with Crippen molar-refractivity contribution in [1.29, 1.82) is 0 Å². The molecule has 1 N–H and O–H groups in total. The SMILES string of the molecule is CC(C)C1CN2C(=O)N(Cc3ccc(Cl)cc3)c3cc(N4CCC(NC(=O)OC(C)(C)C)CC4)cnc3C2=N1. The molecule has 208 valence electrons. The van der Waals surface area contributed by atoms with Crippen molar-refractivity contribution in [2.45, 2.75) is 71.7 Å². The molecule has 1 saturated heterocycles. The van der Waals surface area contributed by atoms with Gasteiger partial charge in [-0.2, -0.15) is 0 Å². The van der Waals surface area contributed by atoms with E-state index in [-0.39, 0.29) is 24.2 Å². The van der Waals surface area contributed by atoms with Gasteiger partial charge in [0.1, 0.15) is 11.3 Å². The summed E-state index contributed by atoms with van der Waals surface area (Å²) in [7, 11) is 0. The number of aromatic nitrogens is 1. The minimum absolute atomic E-state index is 0.0465. The second-order valence-electron chi connectivity index (χ2n) is 11.8. The highest BCUT2D eigenvalue weighted by molar-refractivity contribution is 6.30. The van der Waals surface area contributed by atoms with Crippen LogP contribution in [-0.2, 0) is 11.3 Å². The van der Waals surface area contributed by atoms with Crippen molar-refractivity contribution in [3.8, 4) is 0 Å². The van der Waals surface area contributed by atoms with Gasteiger partial charge in [-0.15, -0.1) is 0 Å². The molecule has 10 heteroatoms. The Labute approximate surface area is 235 Å². The smallest absolute Gasteiger partial charge is 0.407 e. The number of carbonyl (C=O) groups excluding carboxylic acids is 2. The van der Waals surface area contributed by atoms with E-state index >= 15 is 0 Å². The normalized spacial score (nSPS) is 19.7. The lowest BCUT2D eigenvalue weighted by molar-refractivity contribution is 0.0497. The van der Waals surface area contributed by atoms with Crippen LogP contribution in [0, 0.1) is 5.92 Å². The van der Waals surface area contributed by atoms with E-state index in [0.717, 1.165) is 48.6 Å². The Kier molecular flexibility index (Phi) is 7.46. The zero-order valence-electron chi connectivity index (χ0n) is 23.3. The molecular formula is C29H37ClN6O3. The number of nitrogens with one attached hydrogen (secondary N) is 1. The van der Waals surface area contributed by atoms with Gasteiger partial charge in [-0.3, -0.25) is 14.8 Å². The van der Waals surface area contributed by atoms with E-state index in [1.165, 1.54) is 0 Å². The number of piperidine rings is 1. The Hall–Kier alpha value is -3.33. The van der Waals surface area contributed by atoms with Gasteiger partial charge >= 0.3 is 12.1 Å². The Bertz CT molecular complexity index is 1260. The number of fused-ring (bicyclic) bond motifs is 3. The summed E-state index contributed by atoms with van der Waals surface area (Å²) in [4.78, 5) is 41.6. The molecule has 3 aliphatic rings. The summed E-state index contributed by atoms with van der Waals surface area (Å²) in [5.41, 5.74) is 2.91. The van der Waals surface area contributed by atoms with Crippen LogP contribution in [-0.4, -0.2) is 65.2 Å². The number of halogens is 1. The van der Waals surface area contributed by atoms with Crippen LogP contribution in [0.2, 0.25) is 5.02 Å². The first-order valence-corrected chi connectivity index (χ1v) is 14.0. The lowest BCUT2D eigenvalue weighted by Gasteiger charge is -2.37. The molecule has 0 radical (unpaired) electrons. The monoisotopic (exact) mass is 552 g/mol. The summed E-state index contributed by atoms with van der Waals surface area (Å²) in [6.07, 6.45) is 3.08. The summed E-state index contributed by atoms with van der Waals surface area (Å²) >= 11 is 6.11. The first-order chi connectivity index (χ1) is 18.5. The highest BCUT2D eigenvalue weighted by Gasteiger charge is 2.42. The van der Waals surface area contributed by atoms with Crippen molar-refractivity contribution in [2.75, 3.05) is 29.4 Å². The van der Waals surface area contributed by atoms with Crippen molar-refractivity contribution in [1.82, 2.24) is 15.2 Å². The van der Waals surface area contributed by atoms with Crippen molar-refractivity contribution in [2.24, 2.45) is 10.9 Å². The van der Waals surface area contributed by atoms with Crippen LogP contribution in [0.3, 0.4) is 0 Å². The van der Waals surface area contributed by atoms with E-state index in [1.54, 1.807) is 9.80 Å². The highest BCUT2D eigenvalue weighted by atomic mass is 35.5. The molecule has 2 aromatic rings. The molecule has 39 heavy (non-hydrogen) atoms. The number of aliphatic imine (C=N–C) groups is 1. The van der Waals surface area contributed by atoms with Gasteiger partial charge in [0, 0.05) is 24.2 Å². The van der Waals surface area contributed by atoms with Crippen molar-refractivity contribution >= 4 is 40.9 Å². The molecular weight excluding hydrogens is 516 g/mol. The van der Waals surface area contributed by atoms with Crippen LogP contribution in [0.1, 0.15) is 58.7 Å². The fourth-order valence-electron chi connectivity index (χ4n) is 5.18. The van der Waals surface area contributed by atoms with E-state index in [1.807, 2.05) is 51.2 Å². The molecule has 4 heterocycles. The summed E-state index contributed by atoms with van der Waals surface area (Å²) in [6, 6.07) is 9.64. The van der Waals surface area contributed by atoms with E-state index in [0.29, 0.717) is 29.9 Å². The van der Waals surface area contributed by atoms with Gasteiger partial charge in [0.25, 0.3) is 0 Å². The zero-order valence-corrected chi connectivity index (χ0v) is 24.0. The third kappa shape index (κ3) is 5.98. The summed E-state index contributed by atoms with van der Waals surface area (Å²) in [5, 5.41) is 3.65. The predicted molar refractivity (Wildman–Crippen MR) is 154 cm³/mol. The fourth-order valence-corrected chi connectivity index (χ4v) is 5.31. The van der Waals surface area contributed by atoms with Gasteiger partial charge in [0.2, 0.25) is 0 Å². The standard InChI is InChI=1S/C29H37ClN6O3/c1-18(2)23-17-36-26(33-23)25-24(35(28(36)38)16-19-6-8-20(30)9-7-19)14-22(15-31-25)34-12-10-21(11-13-34)32-27(37)39-29(3,4)5/h6-9,14-15,18,21,23H,10-13,16-17H2,1-5H3,(H,32,37). The molecule has 5 rings (SSSR count). The van der Waals surface area contributed by atoms with Gasteiger partial charge in [0.15, 0.2) is 5.84 Å². The quantitative estimate of drug-likeness (QED) is 0.532. The molecule has 0 aliphatic carbocycles. The van der Waals surface area contributed by atoms with Gasteiger partial charge in [-0.05, 0) is 63.3 Å². The topological polar surface area (TPSA) is 90.4 Å². The maximum atomic E-state index is 13.8. The van der Waals surface area contributed by atoms with Gasteiger partial charge in [-0.1, -0.05) is 37.6 Å². The van der Waals surface area contributed by atoms with E-state index in [4.69, 9.17) is 26.3 Å². The van der Waals surface area contributed by atoms with Crippen molar-refractivity contribution < 1.29 is 14.3 Å². The second kappa shape index (κ2) is 10.7. The molecule has 0 bridgehead atoms. The van der Waals surface area contributed by atoms with E-state index in [9.17, 15) is 9.59 Å². The number of hydrogen-bond acceptors (Lipinski definition) is 6. The van der Waals surface area contributed by atoms with Crippen LogP contribution in [0.4, 0.5) is 21.0 Å². The van der Waals surface area contributed by atoms with Gasteiger partial charge in [-0.25, -0.2) is 14.6 Å². The number of pyridine rings is 1. The number of amidine groups is 1. The third-order valence-corrected chi connectivity index (χ3v) is 7.59. The fraction of sp³-hybridized carbons (Fsp3) is 0.517. The molecule has 9 nitrogen and oxygen atoms in total. The molecule has 0 saturated carbocycles. The van der Waals surface area contributed by atoms with Crippen LogP contribution in [0.25, 0.3) is 0 Å². The van der Waals surface area contributed by atoms with E-state index in [2.05, 4.69) is 30.1 Å². The predicted octanol–water partition coefficient (Wildman–Crippen LogP) is 5.46. The van der Waals surface area contributed by atoms with Gasteiger partial charge < -0.3 is 15.0 Å². The number of nitrogens with zero attached hydrogens (tertiary/aromatic N) is 5. The maximum Gasteiger partial charge on any atom is 0.407 e. The molecule has 1 unspecified atom stereocenters. The number of carbonyl (C=O) groups is 2. The van der Waals surface area contributed by atoms with Crippen molar-refractivity contribution in [3.63, 3.8) is 0 Å². The summed E-state index contributed by atoms with van der Waals surface area (Å²) in [6.45, 7) is 12.3. The van der Waals surface area contributed by atoms with Gasteiger partial charge in [0.05, 0.1) is 36.7 Å². The zero-order chi connectivity index (χ0) is 27.9. The second-order valence-corrected chi connectivity index (χ2v) is 12.3. The minimum atomic E-state index is -0.525. The Morgan fingerprint density at radius 1 is 1.18 bits per heavy atom. The lowest BCUT2D eigenvalue weighted by Crippen LogP contribution is -2.50. The molecule has 3 amide bonds. The average Bonchev–Trinajstić information content (AvgIpc) is 3.33. The summed E-state index contributed by atoms with van der Waals surface area (Å²) < 4.78 is 5.41. The number of alkyl carbamates (subject to hydrolysis) is 1.